The Morgan fingerprint density at radius 3 is 1.50 bits per heavy atom. The molecule has 0 aliphatic carbocycles. The second-order valence-electron chi connectivity index (χ2n) is 2.22. The fourth-order valence-electron chi connectivity index (χ4n) is 0.642. The molecule has 1 heterocycles. The molecule has 4 nitrogen and oxygen atoms in total. The minimum Gasteiger partial charge on any atom is -0.382 e. The molecule has 0 bridgehead atoms. The molecule has 0 unspecified atom stereocenters. The number of nitrogen functional groups attached to an aromatic ring is 2. The Morgan fingerprint density at radius 1 is 0.900 bits per heavy atom. The van der Waals surface area contributed by atoms with Crippen LogP contribution < -0.4 is 11.5 Å². The summed E-state index contributed by atoms with van der Waals surface area (Å²) in [7, 11) is 0. The lowest BCUT2D eigenvalue weighted by Gasteiger charge is -2.02. The highest BCUT2D eigenvalue weighted by molar-refractivity contribution is 5.50. The van der Waals surface area contributed by atoms with Crippen LogP contribution in [0, 0.1) is 13.8 Å². The molecule has 0 fully saturated rings. The van der Waals surface area contributed by atoms with E-state index < -0.39 is 0 Å². The van der Waals surface area contributed by atoms with E-state index >= 15 is 0 Å². The topological polar surface area (TPSA) is 77.8 Å². The SMILES string of the molecule is Cc1c(N)nnc(N)c1C. The lowest BCUT2D eigenvalue weighted by atomic mass is 10.2. The van der Waals surface area contributed by atoms with Gasteiger partial charge in [-0.05, 0) is 25.0 Å². The van der Waals surface area contributed by atoms with E-state index in [-0.39, 0.29) is 0 Å². The lowest BCUT2D eigenvalue weighted by Crippen LogP contribution is -2.03. The third kappa shape index (κ3) is 0.877. The standard InChI is InChI=1S/C6H10N4/c1-3-4(2)6(8)10-9-5(3)7/h1-2H3,(H2,7,9)(H2,8,10). The minimum absolute atomic E-state index is 0.451. The number of aromatic nitrogens is 2. The second-order valence-corrected chi connectivity index (χ2v) is 2.22. The third-order valence-corrected chi connectivity index (χ3v) is 1.60. The molecule has 4 N–H and O–H groups in total. The summed E-state index contributed by atoms with van der Waals surface area (Å²) < 4.78 is 0. The van der Waals surface area contributed by atoms with Gasteiger partial charge < -0.3 is 11.5 Å². The average Bonchev–Trinajstić information content (AvgIpc) is 1.93. The highest BCUT2D eigenvalue weighted by Crippen LogP contribution is 2.14. The first kappa shape index (κ1) is 6.80. The van der Waals surface area contributed by atoms with Crippen LogP contribution in [0.2, 0.25) is 0 Å². The summed E-state index contributed by atoms with van der Waals surface area (Å²) in [6.07, 6.45) is 0. The van der Waals surface area contributed by atoms with Crippen molar-refractivity contribution in [3.8, 4) is 0 Å². The molecule has 1 aromatic heterocycles. The van der Waals surface area contributed by atoms with Crippen LogP contribution in [0.15, 0.2) is 0 Å². The predicted octanol–water partition coefficient (Wildman–Crippen LogP) is 0.258. The molecule has 0 spiro atoms. The normalized spacial score (nSPS) is 9.80. The summed E-state index contributed by atoms with van der Waals surface area (Å²) in [5, 5.41) is 7.28. The predicted molar refractivity (Wildman–Crippen MR) is 40.3 cm³/mol. The van der Waals surface area contributed by atoms with Gasteiger partial charge in [-0.3, -0.25) is 0 Å². The van der Waals surface area contributed by atoms with E-state index in [1.807, 2.05) is 13.8 Å². The van der Waals surface area contributed by atoms with Crippen molar-refractivity contribution >= 4 is 11.6 Å². The molecule has 0 saturated heterocycles. The van der Waals surface area contributed by atoms with Crippen molar-refractivity contribution in [3.05, 3.63) is 11.1 Å². The Hall–Kier alpha value is -1.32. The third-order valence-electron chi connectivity index (χ3n) is 1.60. The van der Waals surface area contributed by atoms with Crippen LogP contribution in [0.3, 0.4) is 0 Å². The molecule has 54 valence electrons. The van der Waals surface area contributed by atoms with Gasteiger partial charge in [0, 0.05) is 0 Å². The van der Waals surface area contributed by atoms with Crippen molar-refractivity contribution in [3.63, 3.8) is 0 Å². The zero-order valence-corrected chi connectivity index (χ0v) is 6.05. The highest BCUT2D eigenvalue weighted by Gasteiger charge is 2.02. The number of nitrogens with zero attached hydrogens (tertiary/aromatic N) is 2. The van der Waals surface area contributed by atoms with Crippen molar-refractivity contribution < 1.29 is 0 Å². The van der Waals surface area contributed by atoms with E-state index in [0.29, 0.717) is 11.6 Å². The van der Waals surface area contributed by atoms with Crippen LogP contribution in [-0.4, -0.2) is 10.2 Å². The maximum Gasteiger partial charge on any atom is 0.149 e. The Labute approximate surface area is 59.2 Å². The van der Waals surface area contributed by atoms with E-state index in [0.717, 1.165) is 11.1 Å². The van der Waals surface area contributed by atoms with Gasteiger partial charge in [0.15, 0.2) is 0 Å². The smallest absolute Gasteiger partial charge is 0.149 e. The number of rotatable bonds is 0. The number of nitrogens with two attached hydrogens (primary N) is 2. The summed E-state index contributed by atoms with van der Waals surface area (Å²) in [5.41, 5.74) is 12.7. The molecule has 10 heavy (non-hydrogen) atoms. The minimum atomic E-state index is 0.451. The van der Waals surface area contributed by atoms with E-state index in [4.69, 9.17) is 11.5 Å². The molecule has 1 aromatic rings. The Bertz CT molecular complexity index is 229. The van der Waals surface area contributed by atoms with Crippen molar-refractivity contribution in [1.82, 2.24) is 10.2 Å². The molecule has 0 aliphatic heterocycles. The van der Waals surface area contributed by atoms with E-state index in [1.165, 1.54) is 0 Å². The fourth-order valence-corrected chi connectivity index (χ4v) is 0.642. The molecule has 0 atom stereocenters. The first-order chi connectivity index (χ1) is 4.63. The van der Waals surface area contributed by atoms with Gasteiger partial charge in [0.05, 0.1) is 0 Å². The van der Waals surface area contributed by atoms with E-state index in [2.05, 4.69) is 10.2 Å². The van der Waals surface area contributed by atoms with Crippen molar-refractivity contribution in [1.29, 1.82) is 0 Å². The molecule has 0 radical (unpaired) electrons. The molecule has 0 amide bonds. The van der Waals surface area contributed by atoms with Gasteiger partial charge in [-0.15, -0.1) is 10.2 Å². The second kappa shape index (κ2) is 2.13. The monoisotopic (exact) mass is 138 g/mol. The molecule has 0 saturated carbocycles. The van der Waals surface area contributed by atoms with Crippen LogP contribution in [0.1, 0.15) is 11.1 Å². The summed E-state index contributed by atoms with van der Waals surface area (Å²) in [5.74, 6) is 0.901. The Kier molecular flexibility index (Phi) is 1.45. The Morgan fingerprint density at radius 2 is 1.20 bits per heavy atom. The summed E-state index contributed by atoms with van der Waals surface area (Å²) in [6, 6.07) is 0. The molecular formula is C6H10N4. The molecule has 0 aliphatic rings. The van der Waals surface area contributed by atoms with Gasteiger partial charge in [0.1, 0.15) is 11.6 Å². The summed E-state index contributed by atoms with van der Waals surface area (Å²) >= 11 is 0. The summed E-state index contributed by atoms with van der Waals surface area (Å²) in [4.78, 5) is 0. The molecular weight excluding hydrogens is 128 g/mol. The van der Waals surface area contributed by atoms with Crippen LogP contribution in [-0.2, 0) is 0 Å². The van der Waals surface area contributed by atoms with Crippen molar-refractivity contribution in [2.45, 2.75) is 13.8 Å². The first-order valence-corrected chi connectivity index (χ1v) is 2.97. The van der Waals surface area contributed by atoms with Gasteiger partial charge in [-0.2, -0.15) is 0 Å². The van der Waals surface area contributed by atoms with Crippen LogP contribution >= 0.6 is 0 Å². The highest BCUT2D eigenvalue weighted by atomic mass is 15.2. The number of anilines is 2. The average molecular weight is 138 g/mol. The quantitative estimate of drug-likeness (QED) is 0.539. The summed E-state index contributed by atoms with van der Waals surface area (Å²) in [6.45, 7) is 3.74. The van der Waals surface area contributed by atoms with Gasteiger partial charge in [-0.25, -0.2) is 0 Å². The zero-order chi connectivity index (χ0) is 7.72. The molecule has 0 aromatic carbocycles. The molecule has 4 heteroatoms. The number of hydrogen-bond donors (Lipinski definition) is 2. The van der Waals surface area contributed by atoms with Gasteiger partial charge in [-0.1, -0.05) is 0 Å². The first-order valence-electron chi connectivity index (χ1n) is 2.97. The van der Waals surface area contributed by atoms with Crippen LogP contribution in [0.5, 0.6) is 0 Å². The van der Waals surface area contributed by atoms with Gasteiger partial charge >= 0.3 is 0 Å². The van der Waals surface area contributed by atoms with Crippen LogP contribution in [0.4, 0.5) is 11.6 Å². The largest absolute Gasteiger partial charge is 0.382 e. The number of hydrogen-bond acceptors (Lipinski definition) is 4. The lowest BCUT2D eigenvalue weighted by molar-refractivity contribution is 1.02. The maximum atomic E-state index is 5.46. The van der Waals surface area contributed by atoms with Crippen LogP contribution in [0.25, 0.3) is 0 Å². The van der Waals surface area contributed by atoms with E-state index in [1.54, 1.807) is 0 Å². The zero-order valence-electron chi connectivity index (χ0n) is 6.05. The van der Waals surface area contributed by atoms with E-state index in [9.17, 15) is 0 Å². The maximum absolute atomic E-state index is 5.46. The van der Waals surface area contributed by atoms with Crippen molar-refractivity contribution in [2.24, 2.45) is 0 Å². The Balaban J connectivity index is 3.34. The fraction of sp³-hybridized carbons (Fsp3) is 0.333. The molecule has 1 rings (SSSR count). The van der Waals surface area contributed by atoms with Gasteiger partial charge in [0.25, 0.3) is 0 Å². The van der Waals surface area contributed by atoms with Crippen molar-refractivity contribution in [2.75, 3.05) is 11.5 Å². The van der Waals surface area contributed by atoms with Gasteiger partial charge in [0.2, 0.25) is 0 Å².